The lowest BCUT2D eigenvalue weighted by Crippen LogP contribution is -2.28. The van der Waals surface area contributed by atoms with Crippen LogP contribution in [0.25, 0.3) is 0 Å². The molecule has 16 heavy (non-hydrogen) atoms. The Hall–Kier alpha value is -2.37. The van der Waals surface area contributed by atoms with Gasteiger partial charge in [-0.25, -0.2) is 0 Å². The number of nitrogens with zero attached hydrogens (tertiary/aromatic N) is 2. The third-order valence-corrected chi connectivity index (χ3v) is 1.84. The van der Waals surface area contributed by atoms with Crippen LogP contribution in [-0.2, 0) is 4.79 Å². The lowest BCUT2D eigenvalue weighted by atomic mass is 10.2. The predicted molar refractivity (Wildman–Crippen MR) is 59.2 cm³/mol. The zero-order valence-electron chi connectivity index (χ0n) is 8.58. The van der Waals surface area contributed by atoms with Crippen LogP contribution in [0, 0.1) is 0 Å². The van der Waals surface area contributed by atoms with Crippen LogP contribution in [0.1, 0.15) is 6.92 Å². The summed E-state index contributed by atoms with van der Waals surface area (Å²) >= 11 is 0. The van der Waals surface area contributed by atoms with E-state index < -0.39 is 5.91 Å². The molecule has 6 nitrogen and oxygen atoms in total. The molecule has 0 radical (unpaired) electrons. The molecule has 0 spiro atoms. The molecule has 0 bridgehead atoms. The molecule has 1 amide bonds. The SMILES string of the molecule is CC(=N\O)/C(=N/O)C(=O)Nc1ccccc1. The lowest BCUT2D eigenvalue weighted by molar-refractivity contribution is -0.110. The fourth-order valence-electron chi connectivity index (χ4n) is 1.04. The van der Waals surface area contributed by atoms with E-state index in [-0.39, 0.29) is 11.4 Å². The van der Waals surface area contributed by atoms with Crippen LogP contribution in [0.5, 0.6) is 0 Å². The molecule has 0 heterocycles. The van der Waals surface area contributed by atoms with Crippen molar-refractivity contribution in [3.05, 3.63) is 30.3 Å². The predicted octanol–water partition coefficient (Wildman–Crippen LogP) is 1.31. The number of para-hydroxylation sites is 1. The average Bonchev–Trinajstić information content (AvgIpc) is 2.31. The molecule has 0 fully saturated rings. The topological polar surface area (TPSA) is 94.3 Å². The van der Waals surface area contributed by atoms with Gasteiger partial charge in [0.25, 0.3) is 5.91 Å². The van der Waals surface area contributed by atoms with Crippen LogP contribution < -0.4 is 5.32 Å². The van der Waals surface area contributed by atoms with Crippen molar-refractivity contribution in [3.8, 4) is 0 Å². The van der Waals surface area contributed by atoms with Gasteiger partial charge in [0.15, 0.2) is 5.71 Å². The van der Waals surface area contributed by atoms with Gasteiger partial charge < -0.3 is 15.7 Å². The molecule has 3 N–H and O–H groups in total. The minimum absolute atomic E-state index is 0.0732. The van der Waals surface area contributed by atoms with E-state index in [4.69, 9.17) is 10.4 Å². The van der Waals surface area contributed by atoms with E-state index in [2.05, 4.69) is 15.6 Å². The molecule has 0 unspecified atom stereocenters. The van der Waals surface area contributed by atoms with E-state index in [1.807, 2.05) is 0 Å². The first-order valence-electron chi connectivity index (χ1n) is 4.46. The molecule has 1 aromatic carbocycles. The first-order chi connectivity index (χ1) is 7.69. The number of benzene rings is 1. The Balaban J connectivity index is 2.80. The first kappa shape index (κ1) is 11.7. The standard InChI is InChI=1S/C10H11N3O3/c1-7(12-15)9(13-16)10(14)11-8-5-3-2-4-6-8/h2-6,15-16H,1H3,(H,11,14)/b12-7+,13-9-. The van der Waals surface area contributed by atoms with Gasteiger partial charge >= 0.3 is 0 Å². The third-order valence-electron chi connectivity index (χ3n) is 1.84. The molecule has 0 atom stereocenters. The monoisotopic (exact) mass is 221 g/mol. The number of carbonyl (C=O) groups is 1. The summed E-state index contributed by atoms with van der Waals surface area (Å²) in [4.78, 5) is 11.6. The number of hydrogen-bond donors (Lipinski definition) is 3. The molecule has 0 aromatic heterocycles. The highest BCUT2D eigenvalue weighted by atomic mass is 16.4. The second-order valence-corrected chi connectivity index (χ2v) is 2.95. The molecule has 84 valence electrons. The van der Waals surface area contributed by atoms with Crippen molar-refractivity contribution in [3.63, 3.8) is 0 Å². The van der Waals surface area contributed by atoms with Crippen molar-refractivity contribution >= 4 is 23.0 Å². The number of oxime groups is 2. The van der Waals surface area contributed by atoms with Crippen molar-refractivity contribution in [2.24, 2.45) is 10.3 Å². The molecule has 0 aliphatic heterocycles. The van der Waals surface area contributed by atoms with Crippen molar-refractivity contribution in [1.82, 2.24) is 0 Å². The highest BCUT2D eigenvalue weighted by molar-refractivity contribution is 6.68. The molecule has 0 saturated carbocycles. The fourth-order valence-corrected chi connectivity index (χ4v) is 1.04. The highest BCUT2D eigenvalue weighted by Gasteiger charge is 2.16. The first-order valence-corrected chi connectivity index (χ1v) is 4.46. The lowest BCUT2D eigenvalue weighted by Gasteiger charge is -2.04. The Morgan fingerprint density at radius 2 is 1.81 bits per heavy atom. The maximum Gasteiger partial charge on any atom is 0.279 e. The summed E-state index contributed by atoms with van der Waals surface area (Å²) in [7, 11) is 0. The Morgan fingerprint density at radius 3 is 2.31 bits per heavy atom. The van der Waals surface area contributed by atoms with Gasteiger partial charge in [-0.2, -0.15) is 0 Å². The van der Waals surface area contributed by atoms with Crippen LogP contribution in [0.3, 0.4) is 0 Å². The quantitative estimate of drug-likeness (QED) is 0.408. The number of hydrogen-bond acceptors (Lipinski definition) is 5. The van der Waals surface area contributed by atoms with E-state index in [9.17, 15) is 4.79 Å². The Bertz CT molecular complexity index is 426. The van der Waals surface area contributed by atoms with Gasteiger partial charge in [0.2, 0.25) is 0 Å². The summed E-state index contributed by atoms with van der Waals surface area (Å²) in [6.45, 7) is 1.35. The van der Waals surface area contributed by atoms with Crippen LogP contribution in [0.2, 0.25) is 0 Å². The van der Waals surface area contributed by atoms with E-state index >= 15 is 0 Å². The third kappa shape index (κ3) is 2.81. The molecular weight excluding hydrogens is 210 g/mol. The van der Waals surface area contributed by atoms with Gasteiger partial charge in [0.1, 0.15) is 5.71 Å². The highest BCUT2D eigenvalue weighted by Crippen LogP contribution is 2.05. The van der Waals surface area contributed by atoms with Crippen molar-refractivity contribution in [2.75, 3.05) is 5.32 Å². The summed E-state index contributed by atoms with van der Waals surface area (Å²) in [5.41, 5.74) is 0.140. The molecule has 6 heteroatoms. The molecule has 0 aliphatic carbocycles. The minimum Gasteiger partial charge on any atom is -0.411 e. The van der Waals surface area contributed by atoms with Crippen LogP contribution in [0.4, 0.5) is 5.69 Å². The number of nitrogens with one attached hydrogen (secondary N) is 1. The maximum atomic E-state index is 11.6. The van der Waals surface area contributed by atoms with Crippen molar-refractivity contribution in [2.45, 2.75) is 6.92 Å². The smallest absolute Gasteiger partial charge is 0.279 e. The zero-order chi connectivity index (χ0) is 12.0. The number of carbonyl (C=O) groups excluding carboxylic acids is 1. The van der Waals surface area contributed by atoms with Gasteiger partial charge in [-0.05, 0) is 19.1 Å². The number of anilines is 1. The molecule has 0 saturated heterocycles. The van der Waals surface area contributed by atoms with E-state index in [1.165, 1.54) is 6.92 Å². The number of rotatable bonds is 3. The summed E-state index contributed by atoms with van der Waals surface area (Å²) < 4.78 is 0. The van der Waals surface area contributed by atoms with Gasteiger partial charge in [-0.15, -0.1) is 0 Å². The van der Waals surface area contributed by atoms with Gasteiger partial charge in [-0.3, -0.25) is 4.79 Å². The largest absolute Gasteiger partial charge is 0.411 e. The van der Waals surface area contributed by atoms with E-state index in [1.54, 1.807) is 30.3 Å². The van der Waals surface area contributed by atoms with E-state index in [0.717, 1.165) is 0 Å². The van der Waals surface area contributed by atoms with Gasteiger partial charge in [-0.1, -0.05) is 28.5 Å². The van der Waals surface area contributed by atoms with Crippen molar-refractivity contribution in [1.29, 1.82) is 0 Å². The Kier molecular flexibility index (Phi) is 4.02. The molecule has 0 aliphatic rings. The van der Waals surface area contributed by atoms with Crippen LogP contribution >= 0.6 is 0 Å². The fraction of sp³-hybridized carbons (Fsp3) is 0.100. The maximum absolute atomic E-state index is 11.6. The normalized spacial score (nSPS) is 12.3. The second kappa shape index (κ2) is 5.50. The van der Waals surface area contributed by atoms with E-state index in [0.29, 0.717) is 5.69 Å². The van der Waals surface area contributed by atoms with Crippen molar-refractivity contribution < 1.29 is 15.2 Å². The molecular formula is C10H11N3O3. The summed E-state index contributed by atoms with van der Waals surface area (Å²) in [6.07, 6.45) is 0. The van der Waals surface area contributed by atoms with Crippen LogP contribution in [-0.4, -0.2) is 27.7 Å². The minimum atomic E-state index is -0.649. The zero-order valence-corrected chi connectivity index (χ0v) is 8.58. The second-order valence-electron chi connectivity index (χ2n) is 2.95. The molecule has 1 aromatic rings. The van der Waals surface area contributed by atoms with Gasteiger partial charge in [0.05, 0.1) is 0 Å². The Labute approximate surface area is 91.9 Å². The molecule has 1 rings (SSSR count). The Morgan fingerprint density at radius 1 is 1.19 bits per heavy atom. The summed E-state index contributed by atoms with van der Waals surface area (Å²) in [5, 5.41) is 25.1. The average molecular weight is 221 g/mol. The summed E-state index contributed by atoms with van der Waals surface area (Å²) in [6, 6.07) is 8.66. The van der Waals surface area contributed by atoms with Gasteiger partial charge in [0, 0.05) is 5.69 Å². The van der Waals surface area contributed by atoms with Crippen LogP contribution in [0.15, 0.2) is 40.6 Å². The summed E-state index contributed by atoms with van der Waals surface area (Å²) in [5.74, 6) is -0.649. The number of amides is 1.